The highest BCUT2D eigenvalue weighted by Gasteiger charge is 2.30. The molecular formula is C27H43N3O. The molecule has 3 fully saturated rings. The van der Waals surface area contributed by atoms with Crippen molar-refractivity contribution in [1.29, 1.82) is 0 Å². The minimum Gasteiger partial charge on any atom is -0.372 e. The van der Waals surface area contributed by atoms with Gasteiger partial charge in [0.2, 0.25) is 0 Å². The number of nitrogens with one attached hydrogen (secondary N) is 1. The van der Waals surface area contributed by atoms with E-state index in [2.05, 4.69) is 34.2 Å². The average Bonchev–Trinajstić information content (AvgIpc) is 3.34. The normalized spacial score (nSPS) is 27.4. The summed E-state index contributed by atoms with van der Waals surface area (Å²) in [5.74, 6) is 1.61. The predicted octanol–water partition coefficient (Wildman–Crippen LogP) is 5.48. The number of benzene rings is 1. The molecule has 1 N–H and O–H groups in total. The molecule has 3 atom stereocenters. The van der Waals surface area contributed by atoms with Crippen LogP contribution in [-0.4, -0.2) is 49.6 Å². The minimum absolute atomic E-state index is 0.115. The van der Waals surface area contributed by atoms with Crippen LogP contribution in [0.2, 0.25) is 0 Å². The number of likely N-dealkylation sites (tertiary alicyclic amines) is 1. The number of amides is 1. The average molecular weight is 426 g/mol. The van der Waals surface area contributed by atoms with Crippen molar-refractivity contribution in [2.45, 2.75) is 83.6 Å². The van der Waals surface area contributed by atoms with Crippen molar-refractivity contribution in [2.75, 3.05) is 37.6 Å². The molecule has 1 unspecified atom stereocenters. The van der Waals surface area contributed by atoms with E-state index < -0.39 is 0 Å². The zero-order valence-electron chi connectivity index (χ0n) is 19.7. The highest BCUT2D eigenvalue weighted by atomic mass is 16.1. The van der Waals surface area contributed by atoms with Crippen LogP contribution in [0.15, 0.2) is 24.3 Å². The summed E-state index contributed by atoms with van der Waals surface area (Å²) in [6, 6.07) is 8.62. The van der Waals surface area contributed by atoms with Gasteiger partial charge in [0, 0.05) is 43.5 Å². The number of carbonyl (C=O) groups is 1. The van der Waals surface area contributed by atoms with E-state index in [0.29, 0.717) is 12.0 Å². The van der Waals surface area contributed by atoms with Crippen molar-refractivity contribution in [3.63, 3.8) is 0 Å². The van der Waals surface area contributed by atoms with Crippen LogP contribution in [0.5, 0.6) is 0 Å². The summed E-state index contributed by atoms with van der Waals surface area (Å²) in [5, 5.41) is 3.43. The number of nitrogens with zero attached hydrogens (tertiary/aromatic N) is 2. The number of hydrogen-bond donors (Lipinski definition) is 1. The van der Waals surface area contributed by atoms with Gasteiger partial charge in [-0.25, -0.2) is 0 Å². The summed E-state index contributed by atoms with van der Waals surface area (Å²) < 4.78 is 0. The van der Waals surface area contributed by atoms with Crippen LogP contribution in [0.4, 0.5) is 5.69 Å². The number of carbonyl (C=O) groups excluding carboxylic acids is 1. The molecule has 4 nitrogen and oxygen atoms in total. The maximum atomic E-state index is 13.0. The maximum Gasteiger partial charge on any atom is 0.251 e. The molecular weight excluding hydrogens is 382 g/mol. The lowest BCUT2D eigenvalue weighted by Gasteiger charge is -2.39. The van der Waals surface area contributed by atoms with Crippen molar-refractivity contribution < 1.29 is 4.79 Å². The lowest BCUT2D eigenvalue weighted by atomic mass is 9.83. The Morgan fingerprint density at radius 3 is 2.52 bits per heavy atom. The van der Waals surface area contributed by atoms with Crippen LogP contribution in [0.3, 0.4) is 0 Å². The Kier molecular flexibility index (Phi) is 8.29. The first kappa shape index (κ1) is 22.6. The first-order valence-corrected chi connectivity index (χ1v) is 13.1. The SMILES string of the molecule is CCCCC1CCCN(C[C@@H]2CCCC[C@H]2NC(=O)c2ccc(N3CCCC3)cc2)C1. The first-order valence-electron chi connectivity index (χ1n) is 13.1. The van der Waals surface area contributed by atoms with Crippen molar-refractivity contribution in [3.05, 3.63) is 29.8 Å². The summed E-state index contributed by atoms with van der Waals surface area (Å²) in [4.78, 5) is 18.1. The Morgan fingerprint density at radius 1 is 0.968 bits per heavy atom. The van der Waals surface area contributed by atoms with Crippen LogP contribution in [0.1, 0.15) is 87.9 Å². The lowest BCUT2D eigenvalue weighted by molar-refractivity contribution is 0.0853. The molecule has 172 valence electrons. The van der Waals surface area contributed by atoms with E-state index in [1.165, 1.54) is 89.5 Å². The van der Waals surface area contributed by atoms with E-state index in [1.807, 2.05) is 12.1 Å². The van der Waals surface area contributed by atoms with Crippen LogP contribution in [0.25, 0.3) is 0 Å². The van der Waals surface area contributed by atoms with Gasteiger partial charge in [-0.05, 0) is 87.6 Å². The highest BCUT2D eigenvalue weighted by molar-refractivity contribution is 5.94. The van der Waals surface area contributed by atoms with Crippen molar-refractivity contribution in [2.24, 2.45) is 11.8 Å². The molecule has 0 bridgehead atoms. The molecule has 31 heavy (non-hydrogen) atoms. The van der Waals surface area contributed by atoms with Crippen molar-refractivity contribution >= 4 is 11.6 Å². The number of anilines is 1. The van der Waals surface area contributed by atoms with E-state index in [9.17, 15) is 4.79 Å². The zero-order valence-corrected chi connectivity index (χ0v) is 19.7. The smallest absolute Gasteiger partial charge is 0.251 e. The van der Waals surface area contributed by atoms with Crippen LogP contribution in [-0.2, 0) is 0 Å². The summed E-state index contributed by atoms with van der Waals surface area (Å²) >= 11 is 0. The molecule has 1 aliphatic carbocycles. The monoisotopic (exact) mass is 425 g/mol. The fourth-order valence-electron chi connectivity index (χ4n) is 6.04. The Balaban J connectivity index is 1.31. The van der Waals surface area contributed by atoms with E-state index in [1.54, 1.807) is 0 Å². The topological polar surface area (TPSA) is 35.6 Å². The minimum atomic E-state index is 0.115. The van der Waals surface area contributed by atoms with Crippen LogP contribution in [0, 0.1) is 11.8 Å². The summed E-state index contributed by atoms with van der Waals surface area (Å²) in [7, 11) is 0. The quantitative estimate of drug-likeness (QED) is 0.599. The zero-order chi connectivity index (χ0) is 21.5. The largest absolute Gasteiger partial charge is 0.372 e. The third kappa shape index (κ3) is 6.25. The molecule has 2 saturated heterocycles. The molecule has 0 spiro atoms. The van der Waals surface area contributed by atoms with Gasteiger partial charge >= 0.3 is 0 Å². The molecule has 1 aromatic rings. The van der Waals surface area contributed by atoms with Gasteiger partial charge in [-0.2, -0.15) is 0 Å². The van der Waals surface area contributed by atoms with Gasteiger partial charge in [-0.3, -0.25) is 4.79 Å². The molecule has 0 aromatic heterocycles. The second kappa shape index (κ2) is 11.4. The number of piperidine rings is 1. The van der Waals surface area contributed by atoms with Gasteiger partial charge in [0.25, 0.3) is 5.91 Å². The van der Waals surface area contributed by atoms with Gasteiger partial charge < -0.3 is 15.1 Å². The summed E-state index contributed by atoms with van der Waals surface area (Å²) in [5.41, 5.74) is 2.07. The standard InChI is InChI=1S/C27H43N3O/c1-2-3-9-22-10-8-17-29(20-22)21-24-11-4-5-12-26(24)28-27(31)23-13-15-25(16-14-23)30-18-6-7-19-30/h13-16,22,24,26H,2-12,17-21H2,1H3,(H,28,31)/t22?,24-,26+/m0/s1. The Hall–Kier alpha value is -1.55. The van der Waals surface area contributed by atoms with E-state index in [4.69, 9.17) is 0 Å². The van der Waals surface area contributed by atoms with Crippen LogP contribution < -0.4 is 10.2 Å². The molecule has 2 aliphatic heterocycles. The molecule has 2 heterocycles. The van der Waals surface area contributed by atoms with Crippen molar-refractivity contribution in [1.82, 2.24) is 10.2 Å². The number of rotatable bonds is 8. The predicted molar refractivity (Wildman–Crippen MR) is 130 cm³/mol. The van der Waals surface area contributed by atoms with Crippen molar-refractivity contribution in [3.8, 4) is 0 Å². The molecule has 0 radical (unpaired) electrons. The molecule has 1 saturated carbocycles. The number of hydrogen-bond acceptors (Lipinski definition) is 3. The van der Waals surface area contributed by atoms with Gasteiger partial charge in [-0.15, -0.1) is 0 Å². The molecule has 1 amide bonds. The van der Waals surface area contributed by atoms with Gasteiger partial charge in [0.05, 0.1) is 0 Å². The molecule has 3 aliphatic rings. The van der Waals surface area contributed by atoms with Gasteiger partial charge in [-0.1, -0.05) is 32.6 Å². The fraction of sp³-hybridized carbons (Fsp3) is 0.741. The van der Waals surface area contributed by atoms with E-state index in [-0.39, 0.29) is 5.91 Å². The molecule has 1 aromatic carbocycles. The first-order chi connectivity index (χ1) is 15.2. The third-order valence-electron chi connectivity index (χ3n) is 7.89. The highest BCUT2D eigenvalue weighted by Crippen LogP contribution is 2.29. The second-order valence-corrected chi connectivity index (χ2v) is 10.3. The molecule has 4 heteroatoms. The maximum absolute atomic E-state index is 13.0. The van der Waals surface area contributed by atoms with Gasteiger partial charge in [0.1, 0.15) is 0 Å². The lowest BCUT2D eigenvalue weighted by Crippen LogP contribution is -2.48. The van der Waals surface area contributed by atoms with Gasteiger partial charge in [0.15, 0.2) is 0 Å². The third-order valence-corrected chi connectivity index (χ3v) is 7.89. The molecule has 4 rings (SSSR count). The van der Waals surface area contributed by atoms with Crippen LogP contribution >= 0.6 is 0 Å². The fourth-order valence-corrected chi connectivity index (χ4v) is 6.04. The van der Waals surface area contributed by atoms with E-state index >= 15 is 0 Å². The van der Waals surface area contributed by atoms with E-state index in [0.717, 1.165) is 31.0 Å². The Bertz CT molecular complexity index is 682. The Morgan fingerprint density at radius 2 is 1.74 bits per heavy atom. The Labute approximate surface area is 189 Å². The summed E-state index contributed by atoms with van der Waals surface area (Å²) in [6.45, 7) is 8.28. The second-order valence-electron chi connectivity index (χ2n) is 10.3. The number of unbranched alkanes of at least 4 members (excludes halogenated alkanes) is 1. The summed E-state index contributed by atoms with van der Waals surface area (Å²) in [6.07, 6.45) is 14.3.